The fourth-order valence-electron chi connectivity index (χ4n) is 5.89. The minimum absolute atomic E-state index is 0.00536. The van der Waals surface area contributed by atoms with Gasteiger partial charge in [0.2, 0.25) is 5.91 Å². The van der Waals surface area contributed by atoms with Crippen LogP contribution in [-0.2, 0) is 21.5 Å². The molecule has 1 atom stereocenters. The van der Waals surface area contributed by atoms with Crippen molar-refractivity contribution < 1.29 is 19.4 Å². The molecule has 1 spiro atoms. The van der Waals surface area contributed by atoms with E-state index in [0.717, 1.165) is 65.4 Å². The van der Waals surface area contributed by atoms with Crippen LogP contribution in [0.3, 0.4) is 0 Å². The number of ether oxygens (including phenoxy) is 2. The Morgan fingerprint density at radius 1 is 1.20 bits per heavy atom. The molecule has 0 unspecified atom stereocenters. The number of aromatic amines is 1. The third kappa shape index (κ3) is 4.31. The maximum atomic E-state index is 13.1. The molecule has 3 aromatic rings. The van der Waals surface area contributed by atoms with Crippen molar-refractivity contribution in [3.05, 3.63) is 64.3 Å². The van der Waals surface area contributed by atoms with Gasteiger partial charge in [0.25, 0.3) is 0 Å². The summed E-state index contributed by atoms with van der Waals surface area (Å²) in [7, 11) is 3.18. The van der Waals surface area contributed by atoms with Crippen LogP contribution in [0.5, 0.6) is 5.75 Å². The van der Waals surface area contributed by atoms with Gasteiger partial charge >= 0.3 is 0 Å². The van der Waals surface area contributed by atoms with E-state index in [1.54, 1.807) is 7.11 Å². The third-order valence-electron chi connectivity index (χ3n) is 7.67. The molecule has 5 rings (SSSR count). The van der Waals surface area contributed by atoms with Gasteiger partial charge in [-0.15, -0.1) is 0 Å². The number of amides is 1. The number of nitrogens with zero attached hydrogens (tertiary/aromatic N) is 2. The summed E-state index contributed by atoms with van der Waals surface area (Å²) in [4.78, 5) is 20.9. The lowest BCUT2D eigenvalue weighted by atomic mass is 9.68. The van der Waals surface area contributed by atoms with Gasteiger partial charge in [-0.2, -0.15) is 0 Å². The van der Waals surface area contributed by atoms with Gasteiger partial charge in [-0.25, -0.2) is 0 Å². The van der Waals surface area contributed by atoms with Crippen molar-refractivity contribution >= 4 is 28.4 Å². The number of H-pyrrole nitrogens is 1. The van der Waals surface area contributed by atoms with E-state index in [1.807, 2.05) is 35.2 Å². The van der Waals surface area contributed by atoms with Crippen molar-refractivity contribution in [2.24, 2.45) is 0 Å². The summed E-state index contributed by atoms with van der Waals surface area (Å²) in [5, 5.41) is 12.3. The Morgan fingerprint density at radius 3 is 2.66 bits per heavy atom. The second-order valence-corrected chi connectivity index (χ2v) is 10.0. The standard InChI is InChI=1S/C27H32ClN3O4/c1-34-16-24(33)31-17-27(9-11-30(12-10-27)14-18-5-3-4-6-21(18)28)25-20-8-7-19(35-2)13-22(20)29-26(25)23(31)15-32/h3-8,13,23,29,32H,9-12,14-17H2,1-2H3/t23-/m1/s1. The zero-order valence-electron chi connectivity index (χ0n) is 20.2. The van der Waals surface area contributed by atoms with Crippen LogP contribution in [0.1, 0.15) is 35.7 Å². The van der Waals surface area contributed by atoms with Crippen molar-refractivity contribution in [1.82, 2.24) is 14.8 Å². The number of carbonyl (C=O) groups is 1. The van der Waals surface area contributed by atoms with E-state index in [4.69, 9.17) is 21.1 Å². The van der Waals surface area contributed by atoms with Crippen LogP contribution in [0.4, 0.5) is 0 Å². The molecule has 2 aromatic carbocycles. The summed E-state index contributed by atoms with van der Waals surface area (Å²) in [5.74, 6) is 0.666. The molecule has 1 aromatic heterocycles. The zero-order chi connectivity index (χ0) is 24.6. The number of methoxy groups -OCH3 is 2. The third-order valence-corrected chi connectivity index (χ3v) is 8.04. The molecule has 1 amide bonds. The van der Waals surface area contributed by atoms with Crippen LogP contribution in [0, 0.1) is 0 Å². The molecule has 1 fully saturated rings. The van der Waals surface area contributed by atoms with Gasteiger partial charge in [0.05, 0.1) is 19.8 Å². The maximum Gasteiger partial charge on any atom is 0.249 e. The fraction of sp³-hybridized carbons (Fsp3) is 0.444. The van der Waals surface area contributed by atoms with E-state index < -0.39 is 6.04 Å². The van der Waals surface area contributed by atoms with Gasteiger partial charge in [-0.1, -0.05) is 29.8 Å². The molecule has 0 bridgehead atoms. The molecule has 1 saturated heterocycles. The number of piperidine rings is 1. The highest BCUT2D eigenvalue weighted by molar-refractivity contribution is 6.31. The number of hydrogen-bond donors (Lipinski definition) is 2. The molecule has 0 radical (unpaired) electrons. The monoisotopic (exact) mass is 497 g/mol. The minimum atomic E-state index is -0.433. The van der Waals surface area contributed by atoms with Crippen LogP contribution in [0.25, 0.3) is 10.9 Å². The number of aromatic nitrogens is 1. The number of aliphatic hydroxyl groups excluding tert-OH is 1. The van der Waals surface area contributed by atoms with Crippen molar-refractivity contribution in [2.45, 2.75) is 30.8 Å². The number of carbonyl (C=O) groups excluding carboxylic acids is 1. The number of halogens is 1. The second-order valence-electron chi connectivity index (χ2n) is 9.63. The molecular formula is C27H32ClN3O4. The van der Waals surface area contributed by atoms with Gasteiger partial charge in [0.1, 0.15) is 12.4 Å². The number of rotatable bonds is 6. The molecule has 2 aliphatic rings. The first-order valence-corrected chi connectivity index (χ1v) is 12.4. The predicted molar refractivity (Wildman–Crippen MR) is 136 cm³/mol. The molecule has 2 aliphatic heterocycles. The van der Waals surface area contributed by atoms with Gasteiger partial charge in [-0.05, 0) is 55.3 Å². The largest absolute Gasteiger partial charge is 0.497 e. The molecule has 2 N–H and O–H groups in total. The van der Waals surface area contributed by atoms with E-state index in [1.165, 1.54) is 12.7 Å². The van der Waals surface area contributed by atoms with E-state index in [-0.39, 0.29) is 24.5 Å². The number of fused-ring (bicyclic) bond motifs is 4. The fourth-order valence-corrected chi connectivity index (χ4v) is 6.09. The number of benzene rings is 2. The SMILES string of the molecule is COCC(=O)N1CC2(CCN(Cc3ccccc3Cl)CC2)c2c([nH]c3cc(OC)ccc23)[C@H]1CO. The Hall–Kier alpha value is -2.58. The maximum absolute atomic E-state index is 13.1. The van der Waals surface area contributed by atoms with Crippen molar-refractivity contribution in [3.63, 3.8) is 0 Å². The highest BCUT2D eigenvalue weighted by Gasteiger charge is 2.48. The molecule has 186 valence electrons. The van der Waals surface area contributed by atoms with Gasteiger partial charge in [0, 0.05) is 53.3 Å². The van der Waals surface area contributed by atoms with Crippen LogP contribution >= 0.6 is 11.6 Å². The van der Waals surface area contributed by atoms with Gasteiger partial charge in [-0.3, -0.25) is 9.69 Å². The first-order chi connectivity index (χ1) is 17.0. The summed E-state index contributed by atoms with van der Waals surface area (Å²) in [5.41, 5.74) is 4.03. The van der Waals surface area contributed by atoms with E-state index in [9.17, 15) is 9.90 Å². The smallest absolute Gasteiger partial charge is 0.249 e. The Labute approximate surface area is 210 Å². The summed E-state index contributed by atoms with van der Waals surface area (Å²) in [6, 6.07) is 13.6. The molecule has 35 heavy (non-hydrogen) atoms. The minimum Gasteiger partial charge on any atom is -0.497 e. The van der Waals surface area contributed by atoms with Crippen LogP contribution < -0.4 is 4.74 Å². The van der Waals surface area contributed by atoms with Crippen LogP contribution in [0.2, 0.25) is 5.02 Å². The summed E-state index contributed by atoms with van der Waals surface area (Å²) in [6.07, 6.45) is 1.80. The quantitative estimate of drug-likeness (QED) is 0.540. The first-order valence-electron chi connectivity index (χ1n) is 12.0. The lowest BCUT2D eigenvalue weighted by Gasteiger charge is -2.50. The van der Waals surface area contributed by atoms with Gasteiger partial charge in [0.15, 0.2) is 0 Å². The average molecular weight is 498 g/mol. The van der Waals surface area contributed by atoms with E-state index in [0.29, 0.717) is 6.54 Å². The number of hydrogen-bond acceptors (Lipinski definition) is 5. The average Bonchev–Trinajstić information content (AvgIpc) is 3.26. The van der Waals surface area contributed by atoms with Crippen molar-refractivity contribution in [1.29, 1.82) is 0 Å². The predicted octanol–water partition coefficient (Wildman–Crippen LogP) is 3.89. The molecule has 0 saturated carbocycles. The Balaban J connectivity index is 1.52. The lowest BCUT2D eigenvalue weighted by Crippen LogP contribution is -2.55. The number of nitrogens with one attached hydrogen (secondary N) is 1. The van der Waals surface area contributed by atoms with Crippen LogP contribution in [0.15, 0.2) is 42.5 Å². The summed E-state index contributed by atoms with van der Waals surface area (Å²) < 4.78 is 10.6. The summed E-state index contributed by atoms with van der Waals surface area (Å²) in [6.45, 7) is 2.99. The van der Waals surface area contributed by atoms with E-state index in [2.05, 4.69) is 22.0 Å². The molecule has 8 heteroatoms. The second kappa shape index (κ2) is 9.82. The highest BCUT2D eigenvalue weighted by atomic mass is 35.5. The Bertz CT molecular complexity index is 1220. The van der Waals surface area contributed by atoms with Crippen LogP contribution in [-0.4, -0.2) is 72.9 Å². The number of aliphatic hydroxyl groups is 1. The summed E-state index contributed by atoms with van der Waals surface area (Å²) >= 11 is 6.42. The number of likely N-dealkylation sites (tertiary alicyclic amines) is 1. The van der Waals surface area contributed by atoms with Crippen molar-refractivity contribution in [2.75, 3.05) is 47.1 Å². The zero-order valence-corrected chi connectivity index (χ0v) is 21.0. The Morgan fingerprint density at radius 2 is 1.97 bits per heavy atom. The van der Waals surface area contributed by atoms with Crippen molar-refractivity contribution in [3.8, 4) is 5.75 Å². The molecule has 7 nitrogen and oxygen atoms in total. The first kappa shape index (κ1) is 24.1. The topological polar surface area (TPSA) is 78.0 Å². The normalized spacial score (nSPS) is 19.8. The van der Waals surface area contributed by atoms with E-state index >= 15 is 0 Å². The lowest BCUT2D eigenvalue weighted by molar-refractivity contribution is -0.141. The molecule has 3 heterocycles. The Kier molecular flexibility index (Phi) is 6.77. The molecule has 0 aliphatic carbocycles. The van der Waals surface area contributed by atoms with Gasteiger partial charge < -0.3 is 24.5 Å². The highest BCUT2D eigenvalue weighted by Crippen LogP contribution is 2.49. The molecular weight excluding hydrogens is 466 g/mol.